The number of hydrogen-bond donors (Lipinski definition) is 1. The van der Waals surface area contributed by atoms with Crippen molar-refractivity contribution < 1.29 is 14.4 Å². The van der Waals surface area contributed by atoms with Gasteiger partial charge in [-0.25, -0.2) is 4.98 Å². The first-order valence-electron chi connectivity index (χ1n) is 11.2. The zero-order chi connectivity index (χ0) is 21.8. The van der Waals surface area contributed by atoms with Gasteiger partial charge >= 0.3 is 0 Å². The van der Waals surface area contributed by atoms with E-state index in [0.717, 1.165) is 35.5 Å². The van der Waals surface area contributed by atoms with Gasteiger partial charge in [0.2, 0.25) is 11.8 Å². The third kappa shape index (κ3) is 3.36. The van der Waals surface area contributed by atoms with E-state index < -0.39 is 6.04 Å². The first-order valence-corrected chi connectivity index (χ1v) is 11.2. The van der Waals surface area contributed by atoms with Crippen LogP contribution in [0.25, 0.3) is 11.3 Å². The van der Waals surface area contributed by atoms with Crippen molar-refractivity contribution in [3.8, 4) is 11.3 Å². The van der Waals surface area contributed by atoms with E-state index in [2.05, 4.69) is 30.1 Å². The first kappa shape index (κ1) is 20.0. The van der Waals surface area contributed by atoms with E-state index in [1.54, 1.807) is 4.90 Å². The van der Waals surface area contributed by atoms with E-state index in [1.165, 1.54) is 19.3 Å². The Labute approximate surface area is 181 Å². The van der Waals surface area contributed by atoms with Gasteiger partial charge in [0.25, 0.3) is 5.91 Å². The van der Waals surface area contributed by atoms with Crippen molar-refractivity contribution in [2.24, 2.45) is 7.05 Å². The summed E-state index contributed by atoms with van der Waals surface area (Å²) in [6.07, 6.45) is 8.83. The Kier molecular flexibility index (Phi) is 4.72. The second kappa shape index (κ2) is 7.32. The molecule has 1 saturated carbocycles. The van der Waals surface area contributed by atoms with E-state index in [9.17, 15) is 14.4 Å². The molecule has 1 aliphatic carbocycles. The molecule has 7 heteroatoms. The maximum Gasteiger partial charge on any atom is 0.255 e. The van der Waals surface area contributed by atoms with Crippen LogP contribution in [0.4, 0.5) is 0 Å². The highest BCUT2D eigenvalue weighted by Crippen LogP contribution is 2.39. The Morgan fingerprint density at radius 1 is 1.13 bits per heavy atom. The van der Waals surface area contributed by atoms with Crippen molar-refractivity contribution >= 4 is 17.7 Å². The van der Waals surface area contributed by atoms with Crippen LogP contribution < -0.4 is 5.32 Å². The molecule has 0 spiro atoms. The number of rotatable bonds is 3. The standard InChI is InChI=1S/C24H28N4O3/c1-24(10-4-3-5-11-24)23-25-18(14-27(23)2)15-6-7-17-16(12-15)13-28(22(17)31)19-8-9-20(29)26-21(19)30/h6-7,12,14,19H,3-5,8-11,13H2,1-2H3,(H,26,29,30). The molecule has 2 fully saturated rings. The Bertz CT molecular complexity index is 1080. The zero-order valence-electron chi connectivity index (χ0n) is 18.1. The smallest absolute Gasteiger partial charge is 0.255 e. The van der Waals surface area contributed by atoms with Gasteiger partial charge in [-0.15, -0.1) is 0 Å². The Balaban J connectivity index is 1.42. The molecule has 1 unspecified atom stereocenters. The van der Waals surface area contributed by atoms with Crippen LogP contribution in [0.15, 0.2) is 24.4 Å². The fourth-order valence-corrected chi connectivity index (χ4v) is 5.46. The fourth-order valence-electron chi connectivity index (χ4n) is 5.46. The summed E-state index contributed by atoms with van der Waals surface area (Å²) in [6, 6.07) is 5.22. The first-order chi connectivity index (χ1) is 14.9. The Morgan fingerprint density at radius 3 is 2.65 bits per heavy atom. The average Bonchev–Trinajstić information content (AvgIpc) is 3.29. The molecule has 1 N–H and O–H groups in total. The highest BCUT2D eigenvalue weighted by atomic mass is 16.2. The maximum absolute atomic E-state index is 12.9. The number of carbonyl (C=O) groups excluding carboxylic acids is 3. The summed E-state index contributed by atoms with van der Waals surface area (Å²) in [5.74, 6) is 0.328. The molecular weight excluding hydrogens is 392 g/mol. The minimum absolute atomic E-state index is 0.112. The van der Waals surface area contributed by atoms with Crippen LogP contribution in [0.2, 0.25) is 0 Å². The second-order valence-corrected chi connectivity index (χ2v) is 9.45. The number of hydrogen-bond acceptors (Lipinski definition) is 4. The molecule has 3 heterocycles. The molecule has 2 aromatic rings. The van der Waals surface area contributed by atoms with E-state index in [-0.39, 0.29) is 29.6 Å². The van der Waals surface area contributed by atoms with Crippen molar-refractivity contribution in [3.63, 3.8) is 0 Å². The van der Waals surface area contributed by atoms with E-state index in [1.807, 2.05) is 18.2 Å². The minimum Gasteiger partial charge on any atom is -0.337 e. The fraction of sp³-hybridized carbons (Fsp3) is 0.500. The highest BCUT2D eigenvalue weighted by Gasteiger charge is 2.39. The number of carbonyl (C=O) groups is 3. The number of fused-ring (bicyclic) bond motifs is 1. The molecule has 1 atom stereocenters. The lowest BCUT2D eigenvalue weighted by Crippen LogP contribution is -2.52. The van der Waals surface area contributed by atoms with Gasteiger partial charge in [-0.3, -0.25) is 19.7 Å². The van der Waals surface area contributed by atoms with Crippen LogP contribution in [-0.4, -0.2) is 38.2 Å². The Hall–Kier alpha value is -2.96. The van der Waals surface area contributed by atoms with Crippen LogP contribution in [0.1, 0.15) is 73.6 Å². The number of amides is 3. The highest BCUT2D eigenvalue weighted by molar-refractivity contribution is 6.05. The molecule has 3 aliphatic rings. The van der Waals surface area contributed by atoms with E-state index in [0.29, 0.717) is 18.5 Å². The number of aromatic nitrogens is 2. The van der Waals surface area contributed by atoms with Gasteiger partial charge in [-0.1, -0.05) is 32.3 Å². The topological polar surface area (TPSA) is 84.3 Å². The maximum atomic E-state index is 12.9. The molecule has 1 saturated heterocycles. The SMILES string of the molecule is Cn1cc(-c2ccc3c(c2)CN(C2CCC(=O)NC2=O)C3=O)nc1C1(C)CCCCC1. The largest absolute Gasteiger partial charge is 0.337 e. The lowest BCUT2D eigenvalue weighted by molar-refractivity contribution is -0.136. The van der Waals surface area contributed by atoms with Gasteiger partial charge in [-0.2, -0.15) is 0 Å². The summed E-state index contributed by atoms with van der Waals surface area (Å²) < 4.78 is 2.15. The molecule has 7 nitrogen and oxygen atoms in total. The van der Waals surface area contributed by atoms with Gasteiger partial charge in [0.15, 0.2) is 0 Å². The lowest BCUT2D eigenvalue weighted by Gasteiger charge is -2.32. The van der Waals surface area contributed by atoms with Gasteiger partial charge < -0.3 is 9.47 Å². The van der Waals surface area contributed by atoms with Crippen molar-refractivity contribution in [1.82, 2.24) is 19.8 Å². The van der Waals surface area contributed by atoms with Crippen LogP contribution in [0.5, 0.6) is 0 Å². The lowest BCUT2D eigenvalue weighted by atomic mass is 9.75. The monoisotopic (exact) mass is 420 g/mol. The summed E-state index contributed by atoms with van der Waals surface area (Å²) in [6.45, 7) is 2.70. The number of nitrogens with one attached hydrogen (secondary N) is 1. The number of piperidine rings is 1. The summed E-state index contributed by atoms with van der Waals surface area (Å²) in [7, 11) is 2.06. The summed E-state index contributed by atoms with van der Waals surface area (Å²) in [5.41, 5.74) is 3.55. The quantitative estimate of drug-likeness (QED) is 0.774. The molecule has 3 amide bonds. The third-order valence-electron chi connectivity index (χ3n) is 7.19. The Morgan fingerprint density at radius 2 is 1.90 bits per heavy atom. The second-order valence-electron chi connectivity index (χ2n) is 9.45. The molecule has 2 aliphatic heterocycles. The molecule has 1 aromatic heterocycles. The normalized spacial score (nSPS) is 23.1. The van der Waals surface area contributed by atoms with Crippen LogP contribution in [0, 0.1) is 0 Å². The summed E-state index contributed by atoms with van der Waals surface area (Å²) >= 11 is 0. The molecule has 1 aromatic carbocycles. The number of benzene rings is 1. The van der Waals surface area contributed by atoms with Gasteiger partial charge in [0, 0.05) is 42.8 Å². The number of nitrogens with zero attached hydrogens (tertiary/aromatic N) is 3. The number of imide groups is 1. The van der Waals surface area contributed by atoms with Crippen LogP contribution in [0.3, 0.4) is 0 Å². The molecular formula is C24H28N4O3. The molecule has 0 bridgehead atoms. The molecule has 5 rings (SSSR count). The molecule has 31 heavy (non-hydrogen) atoms. The van der Waals surface area contributed by atoms with Crippen molar-refractivity contribution in [2.45, 2.75) is 69.9 Å². The van der Waals surface area contributed by atoms with Crippen LogP contribution in [-0.2, 0) is 28.6 Å². The van der Waals surface area contributed by atoms with E-state index in [4.69, 9.17) is 4.98 Å². The predicted molar refractivity (Wildman–Crippen MR) is 115 cm³/mol. The predicted octanol–water partition coefficient (Wildman–Crippen LogP) is 3.07. The van der Waals surface area contributed by atoms with Crippen molar-refractivity contribution in [3.05, 3.63) is 41.3 Å². The molecule has 0 radical (unpaired) electrons. The zero-order valence-corrected chi connectivity index (χ0v) is 18.1. The van der Waals surface area contributed by atoms with Gasteiger partial charge in [0.1, 0.15) is 11.9 Å². The van der Waals surface area contributed by atoms with Crippen molar-refractivity contribution in [2.75, 3.05) is 0 Å². The number of imidazole rings is 1. The van der Waals surface area contributed by atoms with Gasteiger partial charge in [0.05, 0.1) is 5.69 Å². The summed E-state index contributed by atoms with van der Waals surface area (Å²) in [5, 5.41) is 2.35. The minimum atomic E-state index is -0.589. The van der Waals surface area contributed by atoms with Gasteiger partial charge in [-0.05, 0) is 37.0 Å². The van der Waals surface area contributed by atoms with Crippen LogP contribution >= 0.6 is 0 Å². The summed E-state index contributed by atoms with van der Waals surface area (Å²) in [4.78, 5) is 43.2. The number of aryl methyl sites for hydroxylation is 1. The third-order valence-corrected chi connectivity index (χ3v) is 7.19. The van der Waals surface area contributed by atoms with Crippen molar-refractivity contribution in [1.29, 1.82) is 0 Å². The molecule has 162 valence electrons. The van der Waals surface area contributed by atoms with E-state index >= 15 is 0 Å². The average molecular weight is 421 g/mol.